The van der Waals surface area contributed by atoms with Crippen molar-refractivity contribution in [2.24, 2.45) is 11.3 Å². The fraction of sp³-hybridized carbons (Fsp3) is 0.690. The zero-order valence-electron chi connectivity index (χ0n) is 23.9. The van der Waals surface area contributed by atoms with Crippen LogP contribution in [0, 0.1) is 17.2 Å². The fourth-order valence-corrected chi connectivity index (χ4v) is 5.05. The van der Waals surface area contributed by atoms with E-state index in [0.717, 1.165) is 12.8 Å². The number of nitrogens with one attached hydrogen (secondary N) is 1. The topological polar surface area (TPSA) is 94.2 Å². The number of benzene rings is 1. The van der Waals surface area contributed by atoms with Crippen molar-refractivity contribution in [2.75, 3.05) is 13.7 Å². The third kappa shape index (κ3) is 7.68. The lowest BCUT2D eigenvalue weighted by atomic mass is 9.91. The van der Waals surface area contributed by atoms with Gasteiger partial charge in [0.25, 0.3) is 0 Å². The summed E-state index contributed by atoms with van der Waals surface area (Å²) in [5.41, 5.74) is -1.10. The van der Waals surface area contributed by atoms with Crippen molar-refractivity contribution in [3.8, 4) is 0 Å². The second-order valence-electron chi connectivity index (χ2n) is 12.8. The van der Waals surface area contributed by atoms with Crippen LogP contribution < -0.4 is 5.32 Å². The smallest absolute Gasteiger partial charge is 0.410 e. The summed E-state index contributed by atoms with van der Waals surface area (Å²) in [7, 11) is 1.52. The van der Waals surface area contributed by atoms with Gasteiger partial charge in [-0.1, -0.05) is 25.1 Å². The van der Waals surface area contributed by atoms with Gasteiger partial charge in [0, 0.05) is 20.1 Å². The number of rotatable bonds is 8. The minimum absolute atomic E-state index is 0.0401. The first-order valence-electron chi connectivity index (χ1n) is 13.3. The number of carbonyl (C=O) groups is 3. The molecule has 1 aliphatic heterocycles. The van der Waals surface area contributed by atoms with E-state index in [1.54, 1.807) is 50.8 Å². The maximum Gasteiger partial charge on any atom is 0.410 e. The molecule has 1 saturated heterocycles. The highest BCUT2D eigenvalue weighted by Gasteiger charge is 2.57. The van der Waals surface area contributed by atoms with Crippen molar-refractivity contribution in [1.29, 1.82) is 0 Å². The molecule has 1 aromatic rings. The van der Waals surface area contributed by atoms with Gasteiger partial charge in [-0.25, -0.2) is 14.0 Å². The highest BCUT2D eigenvalue weighted by Crippen LogP contribution is 2.56. The lowest BCUT2D eigenvalue weighted by molar-refractivity contribution is -0.159. The fourth-order valence-electron chi connectivity index (χ4n) is 5.05. The summed E-state index contributed by atoms with van der Waals surface area (Å²) in [5, 5.41) is 2.78. The summed E-state index contributed by atoms with van der Waals surface area (Å²) < 4.78 is 31.4. The van der Waals surface area contributed by atoms with E-state index in [4.69, 9.17) is 14.2 Å². The average molecular weight is 535 g/mol. The van der Waals surface area contributed by atoms with Crippen LogP contribution in [0.15, 0.2) is 24.3 Å². The van der Waals surface area contributed by atoms with Crippen LogP contribution >= 0.6 is 0 Å². The summed E-state index contributed by atoms with van der Waals surface area (Å²) in [6, 6.07) is 4.67. The van der Waals surface area contributed by atoms with Gasteiger partial charge >= 0.3 is 12.1 Å². The Bertz CT molecular complexity index is 1030. The second-order valence-corrected chi connectivity index (χ2v) is 12.8. The number of esters is 1. The molecule has 0 bridgehead atoms. The molecule has 9 heteroatoms. The second kappa shape index (κ2) is 11.2. The lowest BCUT2D eigenvalue weighted by Gasteiger charge is -2.35. The van der Waals surface area contributed by atoms with Crippen LogP contribution in [0.1, 0.15) is 73.3 Å². The molecule has 0 radical (unpaired) electrons. The summed E-state index contributed by atoms with van der Waals surface area (Å²) in [4.78, 5) is 41.3. The Labute approximate surface area is 225 Å². The molecular weight excluding hydrogens is 491 g/mol. The monoisotopic (exact) mass is 534 g/mol. The molecule has 1 aliphatic carbocycles. The van der Waals surface area contributed by atoms with E-state index in [1.807, 2.05) is 20.8 Å². The van der Waals surface area contributed by atoms with Crippen LogP contribution in [-0.4, -0.2) is 65.9 Å². The Balaban J connectivity index is 1.80. The predicted octanol–water partition coefficient (Wildman–Crippen LogP) is 4.64. The maximum atomic E-state index is 14.4. The van der Waals surface area contributed by atoms with Gasteiger partial charge in [0.1, 0.15) is 23.1 Å². The van der Waals surface area contributed by atoms with Crippen LogP contribution in [0.25, 0.3) is 0 Å². The van der Waals surface area contributed by atoms with Gasteiger partial charge < -0.3 is 24.4 Å². The summed E-state index contributed by atoms with van der Waals surface area (Å²) in [6.07, 6.45) is 1.63. The van der Waals surface area contributed by atoms with Crippen molar-refractivity contribution in [1.82, 2.24) is 10.2 Å². The van der Waals surface area contributed by atoms with Gasteiger partial charge in [0.2, 0.25) is 5.91 Å². The number of nitrogens with zero attached hydrogens (tertiary/aromatic N) is 1. The van der Waals surface area contributed by atoms with Crippen LogP contribution in [0.5, 0.6) is 0 Å². The molecule has 212 valence electrons. The Morgan fingerprint density at radius 3 is 2.21 bits per heavy atom. The van der Waals surface area contributed by atoms with E-state index >= 15 is 0 Å². The van der Waals surface area contributed by atoms with Crippen molar-refractivity contribution in [3.05, 3.63) is 35.6 Å². The SMILES string of the molecule is COC(C(C)C(=O)NC(Cc1ccccc1F)C(=O)OC(C)(C)C)[C@@H]1CC2(CC2)CN1C(=O)OC(C)(C)C. The minimum Gasteiger partial charge on any atom is -0.458 e. The molecule has 2 amide bonds. The summed E-state index contributed by atoms with van der Waals surface area (Å²) in [5.74, 6) is -2.27. The van der Waals surface area contributed by atoms with Crippen LogP contribution in [0.2, 0.25) is 0 Å². The summed E-state index contributed by atoms with van der Waals surface area (Å²) in [6.45, 7) is 12.9. The number of hydrogen-bond acceptors (Lipinski definition) is 6. The van der Waals surface area contributed by atoms with Crippen LogP contribution in [0.4, 0.5) is 9.18 Å². The van der Waals surface area contributed by atoms with Crippen molar-refractivity contribution < 1.29 is 33.0 Å². The zero-order valence-corrected chi connectivity index (χ0v) is 23.9. The van der Waals surface area contributed by atoms with E-state index in [2.05, 4.69) is 5.32 Å². The number of hydrogen-bond donors (Lipinski definition) is 1. The first kappa shape index (κ1) is 29.9. The molecule has 2 fully saturated rings. The number of likely N-dealkylation sites (tertiary alicyclic amines) is 1. The van der Waals surface area contributed by atoms with Gasteiger partial charge in [-0.15, -0.1) is 0 Å². The van der Waals surface area contributed by atoms with Crippen LogP contribution in [-0.2, 0) is 30.2 Å². The van der Waals surface area contributed by atoms with E-state index < -0.39 is 53.1 Å². The zero-order chi connectivity index (χ0) is 28.5. The van der Waals surface area contributed by atoms with Crippen molar-refractivity contribution in [3.63, 3.8) is 0 Å². The molecule has 1 spiro atoms. The van der Waals surface area contributed by atoms with Crippen molar-refractivity contribution in [2.45, 2.75) is 104 Å². The lowest BCUT2D eigenvalue weighted by Crippen LogP contribution is -2.53. The molecule has 4 atom stereocenters. The van der Waals surface area contributed by atoms with E-state index in [0.29, 0.717) is 18.5 Å². The molecule has 1 heterocycles. The molecule has 0 aromatic heterocycles. The normalized spacial score (nSPS) is 21.0. The quantitative estimate of drug-likeness (QED) is 0.489. The Morgan fingerprint density at radius 1 is 1.08 bits per heavy atom. The molecule has 8 nitrogen and oxygen atoms in total. The molecule has 2 aliphatic rings. The Hall–Kier alpha value is -2.68. The van der Waals surface area contributed by atoms with Gasteiger partial charge in [0.15, 0.2) is 0 Å². The van der Waals surface area contributed by atoms with Gasteiger partial charge in [0.05, 0.1) is 18.1 Å². The minimum atomic E-state index is -1.10. The number of halogens is 1. The Morgan fingerprint density at radius 2 is 1.68 bits per heavy atom. The first-order chi connectivity index (χ1) is 17.5. The Kier molecular flexibility index (Phi) is 8.81. The molecule has 3 rings (SSSR count). The van der Waals surface area contributed by atoms with Gasteiger partial charge in [-0.3, -0.25) is 4.79 Å². The van der Waals surface area contributed by atoms with Gasteiger partial charge in [-0.05, 0) is 77.8 Å². The standard InChI is InChI=1S/C29H43FN2O6/c1-18(23(36-8)22-16-29(13-14-29)17-32(22)26(35)38-28(5,6)7)24(33)31-21(25(34)37-27(2,3)4)15-19-11-9-10-12-20(19)30/h9-12,18,21-23H,13-17H2,1-8H3,(H,31,33)/t18?,21?,22-,23?/m0/s1. The third-order valence-corrected chi connectivity index (χ3v) is 7.08. The summed E-state index contributed by atoms with van der Waals surface area (Å²) >= 11 is 0. The molecule has 1 N–H and O–H groups in total. The average Bonchev–Trinajstić information content (AvgIpc) is 3.43. The number of amides is 2. The predicted molar refractivity (Wildman–Crippen MR) is 141 cm³/mol. The van der Waals surface area contributed by atoms with Gasteiger partial charge in [-0.2, -0.15) is 0 Å². The largest absolute Gasteiger partial charge is 0.458 e. The van der Waals surface area contributed by atoms with E-state index in [1.165, 1.54) is 13.2 Å². The van der Waals surface area contributed by atoms with E-state index in [9.17, 15) is 18.8 Å². The maximum absolute atomic E-state index is 14.4. The highest BCUT2D eigenvalue weighted by molar-refractivity contribution is 5.86. The van der Waals surface area contributed by atoms with Crippen molar-refractivity contribution >= 4 is 18.0 Å². The molecule has 1 saturated carbocycles. The number of ether oxygens (including phenoxy) is 3. The van der Waals surface area contributed by atoms with Crippen LogP contribution in [0.3, 0.4) is 0 Å². The number of methoxy groups -OCH3 is 1. The highest BCUT2D eigenvalue weighted by atomic mass is 19.1. The molecule has 3 unspecified atom stereocenters. The number of carbonyl (C=O) groups excluding carboxylic acids is 3. The third-order valence-electron chi connectivity index (χ3n) is 7.08. The van der Waals surface area contributed by atoms with E-state index in [-0.39, 0.29) is 17.9 Å². The molecular formula is C29H43FN2O6. The molecule has 38 heavy (non-hydrogen) atoms. The molecule has 1 aromatic carbocycles. The first-order valence-corrected chi connectivity index (χ1v) is 13.3.